The first-order chi connectivity index (χ1) is 9.20. The van der Waals surface area contributed by atoms with Gasteiger partial charge in [0.1, 0.15) is 0 Å². The molecule has 0 spiro atoms. The maximum atomic E-state index is 5.80. The molecule has 0 aliphatic rings. The number of hydrogen-bond acceptors (Lipinski definition) is 1. The van der Waals surface area contributed by atoms with Crippen LogP contribution >= 0.6 is 0 Å². The van der Waals surface area contributed by atoms with E-state index in [2.05, 4.69) is 50.3 Å². The van der Waals surface area contributed by atoms with Gasteiger partial charge in [0.2, 0.25) is 0 Å². The standard InChI is InChI=1S/C18H19N/c1-3-16(10-9-15-7-5-4-6-8-15)18-12-11-17(19)13-14(18)2/h3-13H,19H2,1-2H3/b10-9+,16-3-. The fraction of sp³-hybridized carbons (Fsp3) is 0.111. The van der Waals surface area contributed by atoms with Crippen molar-refractivity contribution in [3.8, 4) is 0 Å². The number of hydrogen-bond donors (Lipinski definition) is 1. The number of aryl methyl sites for hydroxylation is 1. The van der Waals surface area contributed by atoms with Crippen LogP contribution in [0.2, 0.25) is 0 Å². The molecule has 0 saturated carbocycles. The molecule has 0 unspecified atom stereocenters. The van der Waals surface area contributed by atoms with Crippen molar-refractivity contribution in [2.24, 2.45) is 0 Å². The maximum absolute atomic E-state index is 5.80. The summed E-state index contributed by atoms with van der Waals surface area (Å²) in [6.45, 7) is 4.14. The lowest BCUT2D eigenvalue weighted by Gasteiger charge is -2.07. The molecule has 2 rings (SSSR count). The van der Waals surface area contributed by atoms with Crippen LogP contribution in [0.5, 0.6) is 0 Å². The van der Waals surface area contributed by atoms with E-state index in [1.54, 1.807) is 0 Å². The zero-order chi connectivity index (χ0) is 13.7. The molecule has 0 saturated heterocycles. The number of anilines is 1. The summed E-state index contributed by atoms with van der Waals surface area (Å²) in [5.74, 6) is 0. The van der Waals surface area contributed by atoms with Gasteiger partial charge in [0.25, 0.3) is 0 Å². The van der Waals surface area contributed by atoms with Gasteiger partial charge in [0, 0.05) is 5.69 Å². The Balaban J connectivity index is 2.29. The summed E-state index contributed by atoms with van der Waals surface area (Å²) in [7, 11) is 0. The van der Waals surface area contributed by atoms with Gasteiger partial charge < -0.3 is 5.73 Å². The van der Waals surface area contributed by atoms with Crippen molar-refractivity contribution in [3.63, 3.8) is 0 Å². The van der Waals surface area contributed by atoms with E-state index in [0.29, 0.717) is 0 Å². The SMILES string of the molecule is C/C=C(/C=C/c1ccccc1)c1ccc(N)cc1C. The summed E-state index contributed by atoms with van der Waals surface area (Å²) < 4.78 is 0. The Kier molecular flexibility index (Phi) is 4.19. The second-order valence-corrected chi connectivity index (χ2v) is 4.56. The molecule has 2 N–H and O–H groups in total. The van der Waals surface area contributed by atoms with E-state index in [1.807, 2.05) is 30.3 Å². The van der Waals surface area contributed by atoms with E-state index in [0.717, 1.165) is 5.69 Å². The highest BCUT2D eigenvalue weighted by molar-refractivity contribution is 5.80. The quantitative estimate of drug-likeness (QED) is 0.619. The molecule has 0 bridgehead atoms. The van der Waals surface area contributed by atoms with Crippen LogP contribution in [-0.4, -0.2) is 0 Å². The number of benzene rings is 2. The van der Waals surface area contributed by atoms with Crippen molar-refractivity contribution < 1.29 is 0 Å². The van der Waals surface area contributed by atoms with Crippen molar-refractivity contribution in [2.75, 3.05) is 5.73 Å². The summed E-state index contributed by atoms with van der Waals surface area (Å²) in [6, 6.07) is 16.3. The van der Waals surface area contributed by atoms with Crippen LogP contribution in [0, 0.1) is 6.92 Å². The van der Waals surface area contributed by atoms with E-state index in [4.69, 9.17) is 5.73 Å². The first-order valence-electron chi connectivity index (χ1n) is 6.46. The largest absolute Gasteiger partial charge is 0.399 e. The first-order valence-corrected chi connectivity index (χ1v) is 6.46. The van der Waals surface area contributed by atoms with Crippen LogP contribution < -0.4 is 5.73 Å². The second-order valence-electron chi connectivity index (χ2n) is 4.56. The van der Waals surface area contributed by atoms with Crippen LogP contribution in [0.1, 0.15) is 23.6 Å². The molecular weight excluding hydrogens is 230 g/mol. The molecule has 0 aliphatic carbocycles. The van der Waals surface area contributed by atoms with Gasteiger partial charge in [-0.1, -0.05) is 54.6 Å². The fourth-order valence-electron chi connectivity index (χ4n) is 2.10. The average molecular weight is 249 g/mol. The highest BCUT2D eigenvalue weighted by atomic mass is 14.5. The van der Waals surface area contributed by atoms with Crippen molar-refractivity contribution >= 4 is 17.3 Å². The minimum absolute atomic E-state index is 0.809. The normalized spacial score (nSPS) is 12.0. The van der Waals surface area contributed by atoms with Gasteiger partial charge in [-0.3, -0.25) is 0 Å². The molecule has 0 aromatic heterocycles. The minimum atomic E-state index is 0.809. The highest BCUT2D eigenvalue weighted by Crippen LogP contribution is 2.23. The van der Waals surface area contributed by atoms with Crippen LogP contribution in [0.15, 0.2) is 60.7 Å². The molecular formula is C18H19N. The van der Waals surface area contributed by atoms with Crippen molar-refractivity contribution in [1.82, 2.24) is 0 Å². The Morgan fingerprint density at radius 3 is 2.42 bits per heavy atom. The molecule has 2 aromatic rings. The Morgan fingerprint density at radius 2 is 1.79 bits per heavy atom. The molecule has 96 valence electrons. The molecule has 1 heteroatoms. The first kappa shape index (κ1) is 13.2. The van der Waals surface area contributed by atoms with Crippen LogP contribution in [0.3, 0.4) is 0 Å². The molecule has 0 aliphatic heterocycles. The molecule has 0 radical (unpaired) electrons. The number of nitrogen functional groups attached to an aromatic ring is 1. The lowest BCUT2D eigenvalue weighted by molar-refractivity contribution is 1.42. The summed E-state index contributed by atoms with van der Waals surface area (Å²) >= 11 is 0. The third-order valence-electron chi connectivity index (χ3n) is 3.13. The van der Waals surface area contributed by atoms with Gasteiger partial charge in [-0.05, 0) is 48.2 Å². The van der Waals surface area contributed by atoms with Gasteiger partial charge in [-0.25, -0.2) is 0 Å². The molecule has 0 fully saturated rings. The monoisotopic (exact) mass is 249 g/mol. The fourth-order valence-corrected chi connectivity index (χ4v) is 2.10. The van der Waals surface area contributed by atoms with Crippen molar-refractivity contribution in [1.29, 1.82) is 0 Å². The summed E-state index contributed by atoms with van der Waals surface area (Å²) in [4.78, 5) is 0. The van der Waals surface area contributed by atoms with E-state index in [9.17, 15) is 0 Å². The Morgan fingerprint density at radius 1 is 1.05 bits per heavy atom. The van der Waals surface area contributed by atoms with Gasteiger partial charge in [-0.2, -0.15) is 0 Å². The average Bonchev–Trinajstić information content (AvgIpc) is 2.42. The van der Waals surface area contributed by atoms with Gasteiger partial charge in [0.15, 0.2) is 0 Å². The smallest absolute Gasteiger partial charge is 0.0317 e. The zero-order valence-electron chi connectivity index (χ0n) is 11.4. The topological polar surface area (TPSA) is 26.0 Å². The minimum Gasteiger partial charge on any atom is -0.399 e. The molecule has 19 heavy (non-hydrogen) atoms. The van der Waals surface area contributed by atoms with Gasteiger partial charge in [-0.15, -0.1) is 0 Å². The third-order valence-corrected chi connectivity index (χ3v) is 3.13. The molecule has 0 amide bonds. The Hall–Kier alpha value is -2.28. The highest BCUT2D eigenvalue weighted by Gasteiger charge is 2.01. The zero-order valence-corrected chi connectivity index (χ0v) is 11.4. The molecule has 0 heterocycles. The maximum Gasteiger partial charge on any atom is 0.0317 e. The Bertz CT molecular complexity index is 607. The van der Waals surface area contributed by atoms with E-state index < -0.39 is 0 Å². The van der Waals surface area contributed by atoms with E-state index >= 15 is 0 Å². The summed E-state index contributed by atoms with van der Waals surface area (Å²) in [5.41, 5.74) is 11.4. The van der Waals surface area contributed by atoms with Crippen LogP contribution in [0.4, 0.5) is 5.69 Å². The number of nitrogens with two attached hydrogens (primary N) is 1. The van der Waals surface area contributed by atoms with E-state index in [1.165, 1.54) is 22.3 Å². The third kappa shape index (κ3) is 3.35. The molecule has 2 aromatic carbocycles. The van der Waals surface area contributed by atoms with Crippen molar-refractivity contribution in [3.05, 3.63) is 77.4 Å². The summed E-state index contributed by atoms with van der Waals surface area (Å²) in [6.07, 6.45) is 6.40. The molecule has 1 nitrogen and oxygen atoms in total. The number of rotatable bonds is 3. The van der Waals surface area contributed by atoms with E-state index in [-0.39, 0.29) is 0 Å². The number of allylic oxidation sites excluding steroid dienone is 3. The second kappa shape index (κ2) is 6.05. The van der Waals surface area contributed by atoms with Crippen LogP contribution in [-0.2, 0) is 0 Å². The summed E-state index contributed by atoms with van der Waals surface area (Å²) in [5, 5.41) is 0. The lowest BCUT2D eigenvalue weighted by Crippen LogP contribution is -1.90. The Labute approximate surface area is 115 Å². The van der Waals surface area contributed by atoms with Crippen molar-refractivity contribution in [2.45, 2.75) is 13.8 Å². The molecule has 0 atom stereocenters. The predicted octanol–water partition coefficient (Wildman–Crippen LogP) is 4.69. The predicted molar refractivity (Wildman–Crippen MR) is 84.7 cm³/mol. The lowest BCUT2D eigenvalue weighted by atomic mass is 9.99. The van der Waals surface area contributed by atoms with Gasteiger partial charge in [0.05, 0.1) is 0 Å². The van der Waals surface area contributed by atoms with Crippen LogP contribution in [0.25, 0.3) is 11.6 Å². The van der Waals surface area contributed by atoms with Gasteiger partial charge >= 0.3 is 0 Å².